The van der Waals surface area contributed by atoms with E-state index in [1.54, 1.807) is 0 Å². The van der Waals surface area contributed by atoms with Crippen LogP contribution in [0, 0.1) is 0 Å². The first-order chi connectivity index (χ1) is 10.7. The lowest BCUT2D eigenvalue weighted by molar-refractivity contribution is 1.43. The Morgan fingerprint density at radius 3 is 2.14 bits per heavy atom. The Balaban J connectivity index is 1.79. The maximum absolute atomic E-state index is 3.51. The number of para-hydroxylation sites is 1. The molecule has 0 aromatic heterocycles. The highest BCUT2D eigenvalue weighted by Crippen LogP contribution is 2.67. The van der Waals surface area contributed by atoms with Crippen molar-refractivity contribution in [2.45, 2.75) is 9.79 Å². The number of rotatable bonds is 2. The molecule has 0 saturated carbocycles. The molecule has 0 spiro atoms. The van der Waals surface area contributed by atoms with Crippen LogP contribution in [-0.2, 0) is 0 Å². The first-order valence-corrected chi connectivity index (χ1v) is 9.90. The second-order valence-electron chi connectivity index (χ2n) is 6.02. The number of fused-ring (bicyclic) bond motifs is 3. The van der Waals surface area contributed by atoms with E-state index < -0.39 is 10.0 Å². The van der Waals surface area contributed by atoms with E-state index in [0.29, 0.717) is 0 Å². The van der Waals surface area contributed by atoms with Crippen LogP contribution in [0.15, 0.2) is 82.6 Å². The van der Waals surface area contributed by atoms with E-state index in [1.165, 1.54) is 26.6 Å². The normalized spacial score (nSPS) is 15.7. The zero-order chi connectivity index (χ0) is 15.2. The van der Waals surface area contributed by atoms with Crippen LogP contribution in [0.3, 0.4) is 0 Å². The molecule has 0 radical (unpaired) electrons. The molecule has 3 aromatic carbocycles. The van der Waals surface area contributed by atoms with Crippen LogP contribution >= 0.6 is 10.0 Å². The number of anilines is 2. The topological polar surface area (TPSA) is 12.0 Å². The maximum Gasteiger partial charge on any atom is 0.0395 e. The van der Waals surface area contributed by atoms with Gasteiger partial charge in [0.05, 0.1) is 0 Å². The number of hydrogen-bond donors (Lipinski definition) is 1. The highest BCUT2D eigenvalue weighted by molar-refractivity contribution is 8.33. The van der Waals surface area contributed by atoms with Crippen molar-refractivity contribution < 1.29 is 0 Å². The van der Waals surface area contributed by atoms with E-state index in [1.807, 2.05) is 6.07 Å². The van der Waals surface area contributed by atoms with Crippen molar-refractivity contribution in [3.63, 3.8) is 0 Å². The van der Waals surface area contributed by atoms with Gasteiger partial charge < -0.3 is 5.32 Å². The molecule has 4 rings (SSSR count). The lowest BCUT2D eigenvalue weighted by atomic mass is 10.1. The van der Waals surface area contributed by atoms with E-state index in [9.17, 15) is 0 Å². The fourth-order valence-electron chi connectivity index (χ4n) is 3.19. The molecule has 0 bridgehead atoms. The standard InChI is InChI=1S/C20H19NS/c1-22(2)19-11-7-6-10-17(19)18-13-12-16(14-20(18)22)21-15-8-4-3-5-9-15/h3-14,21H,1-2H3. The first-order valence-electron chi connectivity index (χ1n) is 7.45. The van der Waals surface area contributed by atoms with Crippen molar-refractivity contribution in [3.8, 4) is 11.1 Å². The summed E-state index contributed by atoms with van der Waals surface area (Å²) in [6, 6.07) is 26.0. The Morgan fingerprint density at radius 2 is 1.32 bits per heavy atom. The van der Waals surface area contributed by atoms with Gasteiger partial charge in [-0.3, -0.25) is 0 Å². The van der Waals surface area contributed by atoms with Crippen molar-refractivity contribution in [1.82, 2.24) is 0 Å². The molecule has 1 aliphatic rings. The highest BCUT2D eigenvalue weighted by Gasteiger charge is 2.31. The van der Waals surface area contributed by atoms with Gasteiger partial charge >= 0.3 is 0 Å². The summed E-state index contributed by atoms with van der Waals surface area (Å²) in [5.41, 5.74) is 5.10. The van der Waals surface area contributed by atoms with Crippen molar-refractivity contribution in [2.24, 2.45) is 0 Å². The summed E-state index contributed by atoms with van der Waals surface area (Å²) in [6.07, 6.45) is 4.79. The molecule has 0 aliphatic carbocycles. The van der Waals surface area contributed by atoms with Crippen molar-refractivity contribution in [2.75, 3.05) is 17.8 Å². The summed E-state index contributed by atoms with van der Waals surface area (Å²) < 4.78 is 0. The summed E-state index contributed by atoms with van der Waals surface area (Å²) in [5.74, 6) is 0. The van der Waals surface area contributed by atoms with Crippen LogP contribution in [-0.4, -0.2) is 12.5 Å². The Hall–Kier alpha value is -2.19. The zero-order valence-corrected chi connectivity index (χ0v) is 13.7. The lowest BCUT2D eigenvalue weighted by Crippen LogP contribution is -1.95. The SMILES string of the molecule is CS1(C)c2ccccc2-c2ccc(Nc3ccccc3)cc21. The predicted molar refractivity (Wildman–Crippen MR) is 97.6 cm³/mol. The van der Waals surface area contributed by atoms with Crippen LogP contribution in [0.4, 0.5) is 11.4 Å². The highest BCUT2D eigenvalue weighted by atomic mass is 32.3. The largest absolute Gasteiger partial charge is 0.355 e. The second-order valence-corrected chi connectivity index (χ2v) is 9.56. The van der Waals surface area contributed by atoms with Crippen molar-refractivity contribution in [1.29, 1.82) is 0 Å². The molecule has 1 aliphatic heterocycles. The number of benzene rings is 3. The number of hydrogen-bond acceptors (Lipinski definition) is 1. The molecule has 110 valence electrons. The summed E-state index contributed by atoms with van der Waals surface area (Å²) in [7, 11) is -0.920. The van der Waals surface area contributed by atoms with Gasteiger partial charge in [-0.25, -0.2) is 0 Å². The molecule has 2 heteroatoms. The summed E-state index contributed by atoms with van der Waals surface area (Å²) in [4.78, 5) is 2.98. The summed E-state index contributed by atoms with van der Waals surface area (Å²) >= 11 is 0. The first kappa shape index (κ1) is 13.5. The van der Waals surface area contributed by atoms with Crippen molar-refractivity contribution >= 4 is 21.4 Å². The third-order valence-corrected chi connectivity index (χ3v) is 7.21. The molecule has 0 fully saturated rings. The van der Waals surface area contributed by atoms with Gasteiger partial charge in [0.1, 0.15) is 0 Å². The smallest absolute Gasteiger partial charge is 0.0395 e. The molecule has 3 aromatic rings. The monoisotopic (exact) mass is 305 g/mol. The Kier molecular flexibility index (Phi) is 3.02. The number of nitrogens with one attached hydrogen (secondary N) is 1. The molecule has 1 nitrogen and oxygen atoms in total. The van der Waals surface area contributed by atoms with Crippen LogP contribution in [0.5, 0.6) is 0 Å². The molecular weight excluding hydrogens is 286 g/mol. The fraction of sp³-hybridized carbons (Fsp3) is 0.100. The summed E-state index contributed by atoms with van der Waals surface area (Å²) in [6.45, 7) is 0. The van der Waals surface area contributed by atoms with E-state index in [4.69, 9.17) is 0 Å². The van der Waals surface area contributed by atoms with Gasteiger partial charge in [-0.1, -0.05) is 42.5 Å². The van der Waals surface area contributed by atoms with Gasteiger partial charge in [0.2, 0.25) is 0 Å². The minimum Gasteiger partial charge on any atom is -0.355 e. The van der Waals surface area contributed by atoms with Gasteiger partial charge in [0.25, 0.3) is 0 Å². The third kappa shape index (κ3) is 2.03. The van der Waals surface area contributed by atoms with Gasteiger partial charge in [-0.05, 0) is 54.0 Å². The average molecular weight is 305 g/mol. The van der Waals surface area contributed by atoms with E-state index in [2.05, 4.69) is 84.6 Å². The Morgan fingerprint density at radius 1 is 0.636 bits per heavy atom. The fourth-order valence-corrected chi connectivity index (χ4v) is 5.72. The quantitative estimate of drug-likeness (QED) is 0.622. The van der Waals surface area contributed by atoms with Crippen LogP contribution in [0.25, 0.3) is 11.1 Å². The van der Waals surface area contributed by atoms with Gasteiger partial charge in [-0.15, -0.1) is 0 Å². The predicted octanol–water partition coefficient (Wildman–Crippen LogP) is 5.89. The zero-order valence-electron chi connectivity index (χ0n) is 12.8. The van der Waals surface area contributed by atoms with Gasteiger partial charge in [0.15, 0.2) is 0 Å². The van der Waals surface area contributed by atoms with E-state index in [0.717, 1.165) is 5.69 Å². The molecule has 0 atom stereocenters. The molecule has 0 saturated heterocycles. The van der Waals surface area contributed by atoms with Crippen molar-refractivity contribution in [3.05, 3.63) is 72.8 Å². The van der Waals surface area contributed by atoms with Crippen LogP contribution in [0.1, 0.15) is 0 Å². The molecule has 1 N–H and O–H groups in total. The van der Waals surface area contributed by atoms with E-state index in [-0.39, 0.29) is 0 Å². The molecular formula is C20H19NS. The minimum absolute atomic E-state index is 0.920. The van der Waals surface area contributed by atoms with Gasteiger partial charge in [-0.2, -0.15) is 10.0 Å². The Bertz CT molecular complexity index is 837. The molecule has 0 unspecified atom stereocenters. The molecule has 22 heavy (non-hydrogen) atoms. The third-order valence-electron chi connectivity index (χ3n) is 4.32. The Labute approximate surface area is 133 Å². The lowest BCUT2D eigenvalue weighted by Gasteiger charge is -2.28. The minimum atomic E-state index is -0.920. The van der Waals surface area contributed by atoms with Crippen LogP contribution < -0.4 is 5.32 Å². The van der Waals surface area contributed by atoms with Gasteiger partial charge in [0, 0.05) is 21.2 Å². The van der Waals surface area contributed by atoms with Crippen LogP contribution in [0.2, 0.25) is 0 Å². The maximum atomic E-state index is 3.51. The molecule has 0 amide bonds. The average Bonchev–Trinajstić information content (AvgIpc) is 2.77. The van der Waals surface area contributed by atoms with E-state index >= 15 is 0 Å². The molecule has 1 heterocycles. The summed E-state index contributed by atoms with van der Waals surface area (Å²) in [5, 5.41) is 3.51. The second kappa shape index (κ2) is 4.92.